The van der Waals surface area contributed by atoms with Crippen LogP contribution in [0.1, 0.15) is 104 Å². The lowest BCUT2D eigenvalue weighted by atomic mass is 9.81. The van der Waals surface area contributed by atoms with Gasteiger partial charge in [-0.05, 0) is 103 Å². The highest BCUT2D eigenvalue weighted by molar-refractivity contribution is 6.45. The van der Waals surface area contributed by atoms with Crippen molar-refractivity contribution in [1.29, 1.82) is 0 Å². The highest BCUT2D eigenvalue weighted by Gasteiger charge is 2.51. The number of carbonyl (C=O) groups is 4. The van der Waals surface area contributed by atoms with E-state index >= 15 is 0 Å². The molecule has 3 spiro atoms. The predicted octanol–water partition coefficient (Wildman–Crippen LogP) is 14.8. The number of piperidine rings is 3. The molecule has 10 aromatic rings. The van der Waals surface area contributed by atoms with Gasteiger partial charge in [-0.1, -0.05) is 54.1 Å². The molecule has 3 saturated heterocycles. The van der Waals surface area contributed by atoms with Crippen molar-refractivity contribution in [3.05, 3.63) is 220 Å². The van der Waals surface area contributed by atoms with Gasteiger partial charge in [0.2, 0.25) is 0 Å². The molecule has 10 heterocycles. The van der Waals surface area contributed by atoms with Crippen LogP contribution in [0.15, 0.2) is 170 Å². The molecule has 0 atom stereocenters. The molecule has 27 heteroatoms. The van der Waals surface area contributed by atoms with E-state index in [-0.39, 0.29) is 48.4 Å². The molecule has 558 valence electrons. The third-order valence-electron chi connectivity index (χ3n) is 20.8. The zero-order chi connectivity index (χ0) is 75.2. The normalized spacial score (nSPS) is 16.2. The highest BCUT2D eigenvalue weighted by atomic mass is 35.5. The first-order valence-electron chi connectivity index (χ1n) is 35.1. The molecule has 3 fully saturated rings. The van der Waals surface area contributed by atoms with E-state index in [0.717, 1.165) is 62.7 Å². The molecule has 0 saturated carbocycles. The Balaban J connectivity index is 0.000000135. The molecule has 0 bridgehead atoms. The van der Waals surface area contributed by atoms with Gasteiger partial charge in [-0.3, -0.25) is 23.9 Å². The molecule has 0 unspecified atom stereocenters. The number of Topliss-reactive ketones (excluding diaryl/α,β-unsaturated/α-hetero) is 1. The van der Waals surface area contributed by atoms with Crippen LogP contribution >= 0.6 is 11.6 Å². The first-order valence-corrected chi connectivity index (χ1v) is 35.5. The van der Waals surface area contributed by atoms with E-state index in [2.05, 4.69) is 9.67 Å². The first kappa shape index (κ1) is 73.2. The fraction of sp³-hybridized carbons (Fsp3) is 0.338. The van der Waals surface area contributed by atoms with Gasteiger partial charge in [0.05, 0.1) is 66.1 Å². The van der Waals surface area contributed by atoms with Gasteiger partial charge >= 0.3 is 12.4 Å². The Morgan fingerprint density at radius 1 is 0.551 bits per heavy atom. The van der Waals surface area contributed by atoms with Crippen LogP contribution in [0.3, 0.4) is 0 Å². The Bertz CT molecular complexity index is 5000. The number of methoxy groups -OCH3 is 3. The molecular weight excluding hydrogens is 1410 g/mol. The van der Waals surface area contributed by atoms with Gasteiger partial charge in [0.1, 0.15) is 40.9 Å². The van der Waals surface area contributed by atoms with E-state index in [1.54, 1.807) is 46.2 Å². The average molecular weight is 1490 g/mol. The summed E-state index contributed by atoms with van der Waals surface area (Å²) in [4.78, 5) is 57.8. The number of halogens is 7. The number of hydrogen-bond donors (Lipinski definition) is 0. The number of benzene rings is 6. The Labute approximate surface area is 617 Å². The number of ether oxygens (including phenoxy) is 8. The Hall–Kier alpha value is -10.7. The summed E-state index contributed by atoms with van der Waals surface area (Å²) in [6.07, 6.45) is -0.229. The van der Waals surface area contributed by atoms with Crippen LogP contribution in [0.25, 0.3) is 33.5 Å². The predicted molar refractivity (Wildman–Crippen MR) is 384 cm³/mol. The summed E-state index contributed by atoms with van der Waals surface area (Å²) < 4.78 is 136. The maximum Gasteiger partial charge on any atom is 0.431 e. The van der Waals surface area contributed by atoms with E-state index in [1.807, 2.05) is 121 Å². The quantitative estimate of drug-likeness (QED) is 0.0434. The fourth-order valence-electron chi connectivity index (χ4n) is 15.4. The number of alkyl halides is 6. The molecule has 6 aliphatic rings. The van der Waals surface area contributed by atoms with Crippen LogP contribution in [0.5, 0.6) is 34.5 Å². The minimum Gasteiger partial charge on any atom is -0.493 e. The summed E-state index contributed by atoms with van der Waals surface area (Å²) >= 11 is 6.15. The van der Waals surface area contributed by atoms with Crippen LogP contribution in [0.2, 0.25) is 5.02 Å². The van der Waals surface area contributed by atoms with Crippen molar-refractivity contribution in [2.24, 2.45) is 14.1 Å². The number of hydrogen-bond acceptors (Lipinski definition) is 13. The van der Waals surface area contributed by atoms with Crippen molar-refractivity contribution in [2.75, 3.05) is 87.0 Å². The van der Waals surface area contributed by atoms with Gasteiger partial charge < -0.3 is 66.3 Å². The van der Waals surface area contributed by atoms with Gasteiger partial charge in [0.25, 0.3) is 23.5 Å². The molecule has 0 aliphatic carbocycles. The second-order valence-electron chi connectivity index (χ2n) is 27.1. The van der Waals surface area contributed by atoms with E-state index in [9.17, 15) is 45.5 Å². The molecule has 0 radical (unpaired) electrons. The summed E-state index contributed by atoms with van der Waals surface area (Å²) in [6, 6.07) is 43.0. The SMILES string of the molecule is COCCCOc1ccc(C(=O)N2CCC3(CC2)Oc2ccccc2-n2cccc23)cc1C(F)(F)F.COCCOc1ccc(C(=O)N2CCC3(CC2)Oc2cc(Cl)ccc2-n2c(C(F)(F)F)ccc23)cc1OC.Cn1ncc2c1-c1ccccc1OC21CCN(C(=O)C(=O)c2cn(C)c3ccccc23)CC1. The monoisotopic (exact) mass is 1490 g/mol. The largest absolute Gasteiger partial charge is 0.493 e. The third-order valence-corrected chi connectivity index (χ3v) is 21.0. The second-order valence-corrected chi connectivity index (χ2v) is 27.5. The maximum atomic E-state index is 13.9. The number of ketones is 1. The molecule has 0 N–H and O–H groups in total. The van der Waals surface area contributed by atoms with E-state index in [4.69, 9.17) is 49.5 Å². The van der Waals surface area contributed by atoms with Crippen LogP contribution in [0.4, 0.5) is 26.3 Å². The molecule has 6 aromatic carbocycles. The Morgan fingerprint density at radius 2 is 1.16 bits per heavy atom. The van der Waals surface area contributed by atoms with Crippen molar-refractivity contribution < 1.29 is 83.4 Å². The van der Waals surface area contributed by atoms with Crippen molar-refractivity contribution in [3.63, 3.8) is 0 Å². The zero-order valence-electron chi connectivity index (χ0n) is 59.3. The average Bonchev–Trinajstić information content (AvgIpc) is 1.65. The van der Waals surface area contributed by atoms with Gasteiger partial charge in [-0.15, -0.1) is 0 Å². The molecule has 4 aromatic heterocycles. The standard InChI is InChI=1S/C27H26ClF3N2O5.C27H27F3N2O4.C26H24N4O3/c1-35-13-14-37-20-6-3-17(15-22(20)36-2)25(34)32-11-9-26(10-12-32)23-7-8-24(27(29,30)31)33(23)19-5-4-18(28)16-21(19)38-26;1-34-16-5-17-35-22-10-9-19(18-20(22)27(28,29)30)25(33)31-14-11-26(12-15-31)24-8-4-13-32(24)21-6-2-3-7-23(21)36-26;1-28-16-19(17-7-3-5-9-21(17)28)24(31)25(32)30-13-11-26(12-14-30)20-15-27-29(2)23(20)18-8-4-6-10-22(18)33-26/h3-8,15-16H,9-14H2,1-2H3;2-4,6-10,13,18H,5,11-12,14-17H2,1H3;3-10,15-16H,11-14H2,1-2H3. The van der Waals surface area contributed by atoms with Gasteiger partial charge in [0.15, 0.2) is 22.7 Å². The Kier molecular flexibility index (Phi) is 20.2. The van der Waals surface area contributed by atoms with Crippen LogP contribution in [-0.2, 0) is 57.5 Å². The van der Waals surface area contributed by atoms with Gasteiger partial charge in [0, 0.05) is 176 Å². The summed E-state index contributed by atoms with van der Waals surface area (Å²) in [6.45, 7) is 3.42. The summed E-state index contributed by atoms with van der Waals surface area (Å²) in [7, 11) is 8.41. The minimum absolute atomic E-state index is 0.0131. The second kappa shape index (κ2) is 29.6. The molecule has 16 rings (SSSR count). The zero-order valence-corrected chi connectivity index (χ0v) is 60.1. The lowest BCUT2D eigenvalue weighted by Gasteiger charge is -2.45. The third kappa shape index (κ3) is 14.0. The summed E-state index contributed by atoms with van der Waals surface area (Å²) in [5.74, 6) is 0.943. The minimum atomic E-state index is -4.65. The number of para-hydroxylation sites is 4. The van der Waals surface area contributed by atoms with Gasteiger partial charge in [-0.2, -0.15) is 31.4 Å². The van der Waals surface area contributed by atoms with E-state index < -0.39 is 58.0 Å². The number of rotatable bonds is 14. The summed E-state index contributed by atoms with van der Waals surface area (Å²) in [5, 5.41) is 5.66. The lowest BCUT2D eigenvalue weighted by molar-refractivity contribution is -0.143. The number of nitrogens with zero attached hydrogens (tertiary/aromatic N) is 8. The molecular formula is C80H77ClF6N8O12. The van der Waals surface area contributed by atoms with Crippen molar-refractivity contribution >= 4 is 46.0 Å². The van der Waals surface area contributed by atoms with Crippen LogP contribution in [0, 0.1) is 0 Å². The lowest BCUT2D eigenvalue weighted by Crippen LogP contribution is -2.50. The topological polar surface area (TPSA) is 184 Å². The fourth-order valence-corrected chi connectivity index (χ4v) is 15.5. The highest BCUT2D eigenvalue weighted by Crippen LogP contribution is 2.52. The molecule has 3 amide bonds. The first-order chi connectivity index (χ1) is 51.5. The smallest absolute Gasteiger partial charge is 0.431 e. The van der Waals surface area contributed by atoms with Gasteiger partial charge in [-0.25, -0.2) is 0 Å². The van der Waals surface area contributed by atoms with Crippen molar-refractivity contribution in [3.8, 4) is 57.1 Å². The molecule has 6 aliphatic heterocycles. The summed E-state index contributed by atoms with van der Waals surface area (Å²) in [5.41, 5.74) is 3.70. The molecule has 107 heavy (non-hydrogen) atoms. The van der Waals surface area contributed by atoms with Crippen LogP contribution in [-0.4, -0.2) is 149 Å². The van der Waals surface area contributed by atoms with Crippen LogP contribution < -0.4 is 28.4 Å². The maximum absolute atomic E-state index is 13.9. The van der Waals surface area contributed by atoms with Crippen molar-refractivity contribution in [1.82, 2.24) is 38.2 Å². The van der Waals surface area contributed by atoms with E-state index in [0.29, 0.717) is 124 Å². The number of amides is 3. The van der Waals surface area contributed by atoms with Crippen molar-refractivity contribution in [2.45, 2.75) is 74.1 Å². The number of aryl methyl sites for hydroxylation is 2. The molecule has 20 nitrogen and oxygen atoms in total. The number of likely N-dealkylation sites (tertiary alicyclic amines) is 3. The Morgan fingerprint density at radius 3 is 1.85 bits per heavy atom. The number of carbonyl (C=O) groups excluding carboxylic acids is 4. The van der Waals surface area contributed by atoms with E-state index in [1.165, 1.54) is 55.2 Å². The number of fused-ring (bicyclic) bond motifs is 13. The number of aromatic nitrogens is 5.